The molecule has 2 N–H and O–H groups in total. The van der Waals surface area contributed by atoms with E-state index < -0.39 is 0 Å². The molecule has 0 radical (unpaired) electrons. The van der Waals surface area contributed by atoms with E-state index in [1.807, 2.05) is 0 Å². The van der Waals surface area contributed by atoms with Crippen LogP contribution in [0.4, 0.5) is 0 Å². The first-order valence-electron chi connectivity index (χ1n) is 7.52. The number of methoxy groups -OCH3 is 1. The summed E-state index contributed by atoms with van der Waals surface area (Å²) in [4.78, 5) is 14.5. The van der Waals surface area contributed by atoms with Crippen LogP contribution < -0.4 is 10.6 Å². The molecule has 2 heterocycles. The van der Waals surface area contributed by atoms with E-state index in [1.54, 1.807) is 7.11 Å². The average Bonchev–Trinajstić information content (AvgIpc) is 2.47. The maximum absolute atomic E-state index is 12.1. The molecule has 0 aliphatic carbocycles. The van der Waals surface area contributed by atoms with Crippen molar-refractivity contribution in [1.82, 2.24) is 15.5 Å². The second-order valence-electron chi connectivity index (χ2n) is 5.66. The van der Waals surface area contributed by atoms with Gasteiger partial charge in [0.25, 0.3) is 0 Å². The van der Waals surface area contributed by atoms with E-state index in [-0.39, 0.29) is 36.6 Å². The fourth-order valence-electron chi connectivity index (χ4n) is 2.92. The molecule has 7 heteroatoms. The first kappa shape index (κ1) is 20.9. The van der Waals surface area contributed by atoms with E-state index in [4.69, 9.17) is 4.74 Å². The van der Waals surface area contributed by atoms with Crippen molar-refractivity contribution in [2.45, 2.75) is 31.7 Å². The summed E-state index contributed by atoms with van der Waals surface area (Å²) in [6, 6.07) is 0.369. The molecule has 2 aliphatic rings. The van der Waals surface area contributed by atoms with Gasteiger partial charge in [-0.25, -0.2) is 0 Å². The number of amides is 1. The summed E-state index contributed by atoms with van der Waals surface area (Å²) in [5.74, 6) is 0.433. The Bertz CT molecular complexity index is 281. The highest BCUT2D eigenvalue weighted by Crippen LogP contribution is 2.14. The number of rotatable bonds is 5. The number of likely N-dealkylation sites (tertiary alicyclic amines) is 1. The lowest BCUT2D eigenvalue weighted by Crippen LogP contribution is -2.49. The minimum absolute atomic E-state index is 0. The van der Waals surface area contributed by atoms with Gasteiger partial charge in [-0.2, -0.15) is 0 Å². The Labute approximate surface area is 140 Å². The molecule has 0 spiro atoms. The monoisotopic (exact) mass is 341 g/mol. The summed E-state index contributed by atoms with van der Waals surface area (Å²) in [7, 11) is 1.74. The third-order valence-corrected chi connectivity index (χ3v) is 4.21. The smallest absolute Gasteiger partial charge is 0.224 e. The highest BCUT2D eigenvalue weighted by Gasteiger charge is 2.25. The van der Waals surface area contributed by atoms with Gasteiger partial charge in [-0.15, -0.1) is 24.8 Å². The quantitative estimate of drug-likeness (QED) is 0.784. The summed E-state index contributed by atoms with van der Waals surface area (Å²) < 4.78 is 5.10. The molecule has 5 nitrogen and oxygen atoms in total. The van der Waals surface area contributed by atoms with Gasteiger partial charge in [0.2, 0.25) is 5.91 Å². The predicted octanol–water partition coefficient (Wildman–Crippen LogP) is 1.06. The zero-order chi connectivity index (χ0) is 13.5. The molecule has 2 rings (SSSR count). The molecule has 126 valence electrons. The van der Waals surface area contributed by atoms with E-state index in [9.17, 15) is 4.79 Å². The molecule has 2 saturated heterocycles. The summed E-state index contributed by atoms with van der Waals surface area (Å²) in [6.07, 6.45) is 4.28. The molecular formula is C14H29Cl2N3O2. The van der Waals surface area contributed by atoms with Crippen molar-refractivity contribution in [1.29, 1.82) is 0 Å². The van der Waals surface area contributed by atoms with Crippen LogP contribution in [-0.4, -0.2) is 63.3 Å². The topological polar surface area (TPSA) is 53.6 Å². The Morgan fingerprint density at radius 1 is 1.29 bits per heavy atom. The van der Waals surface area contributed by atoms with Gasteiger partial charge in [0.05, 0.1) is 12.5 Å². The first-order valence-corrected chi connectivity index (χ1v) is 7.52. The second-order valence-corrected chi connectivity index (χ2v) is 5.66. The van der Waals surface area contributed by atoms with E-state index >= 15 is 0 Å². The molecule has 2 aliphatic heterocycles. The summed E-state index contributed by atoms with van der Waals surface area (Å²) in [5, 5.41) is 6.53. The van der Waals surface area contributed by atoms with Crippen LogP contribution in [-0.2, 0) is 9.53 Å². The number of ether oxygens (including phenoxy) is 1. The van der Waals surface area contributed by atoms with Gasteiger partial charge < -0.3 is 20.3 Å². The maximum Gasteiger partial charge on any atom is 0.224 e. The number of hydrogen-bond acceptors (Lipinski definition) is 4. The van der Waals surface area contributed by atoms with Crippen LogP contribution >= 0.6 is 24.8 Å². The molecule has 1 atom stereocenters. The van der Waals surface area contributed by atoms with Crippen LogP contribution in [0.3, 0.4) is 0 Å². The molecule has 0 saturated carbocycles. The molecule has 0 bridgehead atoms. The van der Waals surface area contributed by atoms with Crippen molar-refractivity contribution in [2.24, 2.45) is 5.92 Å². The van der Waals surface area contributed by atoms with Gasteiger partial charge in [0.15, 0.2) is 0 Å². The van der Waals surface area contributed by atoms with E-state index in [0.717, 1.165) is 65.0 Å². The molecule has 0 aromatic carbocycles. The SMILES string of the molecule is COCCN1CCC(NC(=O)C2CCCNC2)CC1.Cl.Cl. The van der Waals surface area contributed by atoms with Crippen LogP contribution in [0.5, 0.6) is 0 Å². The number of carbonyl (C=O) groups is 1. The standard InChI is InChI=1S/C14H27N3O2.2ClH/c1-19-10-9-17-7-4-13(5-8-17)16-14(18)12-3-2-6-15-11-12;;/h12-13,15H,2-11H2,1H3,(H,16,18);2*1H. The van der Waals surface area contributed by atoms with Crippen molar-refractivity contribution >= 4 is 30.7 Å². The molecular weight excluding hydrogens is 313 g/mol. The number of nitrogens with one attached hydrogen (secondary N) is 2. The van der Waals surface area contributed by atoms with Crippen molar-refractivity contribution < 1.29 is 9.53 Å². The highest BCUT2D eigenvalue weighted by molar-refractivity contribution is 5.85. The van der Waals surface area contributed by atoms with E-state index in [2.05, 4.69) is 15.5 Å². The van der Waals surface area contributed by atoms with Gasteiger partial charge in [0, 0.05) is 39.3 Å². The number of hydrogen-bond donors (Lipinski definition) is 2. The Balaban J connectivity index is 0.00000200. The van der Waals surface area contributed by atoms with Gasteiger partial charge >= 0.3 is 0 Å². The lowest BCUT2D eigenvalue weighted by atomic mass is 9.97. The Hall–Kier alpha value is -0.0700. The molecule has 21 heavy (non-hydrogen) atoms. The Morgan fingerprint density at radius 3 is 2.57 bits per heavy atom. The third-order valence-electron chi connectivity index (χ3n) is 4.21. The van der Waals surface area contributed by atoms with Crippen molar-refractivity contribution in [3.05, 3.63) is 0 Å². The number of nitrogens with zero attached hydrogens (tertiary/aromatic N) is 1. The molecule has 0 aromatic rings. The fraction of sp³-hybridized carbons (Fsp3) is 0.929. The molecule has 1 unspecified atom stereocenters. The predicted molar refractivity (Wildman–Crippen MR) is 89.6 cm³/mol. The zero-order valence-corrected chi connectivity index (χ0v) is 14.4. The van der Waals surface area contributed by atoms with Crippen LogP contribution in [0.2, 0.25) is 0 Å². The normalized spacial score (nSPS) is 23.8. The van der Waals surface area contributed by atoms with Gasteiger partial charge in [0.1, 0.15) is 0 Å². The molecule has 2 fully saturated rings. The summed E-state index contributed by atoms with van der Waals surface area (Å²) in [6.45, 7) is 5.84. The minimum atomic E-state index is 0. The van der Waals surface area contributed by atoms with Crippen LogP contribution in [0, 0.1) is 5.92 Å². The number of piperidine rings is 2. The van der Waals surface area contributed by atoms with Gasteiger partial charge in [-0.05, 0) is 32.2 Å². The first-order chi connectivity index (χ1) is 9.29. The summed E-state index contributed by atoms with van der Waals surface area (Å²) in [5.41, 5.74) is 0. The van der Waals surface area contributed by atoms with Crippen molar-refractivity contribution in [2.75, 3.05) is 46.4 Å². The molecule has 0 aromatic heterocycles. The maximum atomic E-state index is 12.1. The number of halogens is 2. The van der Waals surface area contributed by atoms with Crippen LogP contribution in [0.25, 0.3) is 0 Å². The zero-order valence-electron chi connectivity index (χ0n) is 12.8. The van der Waals surface area contributed by atoms with Crippen molar-refractivity contribution in [3.63, 3.8) is 0 Å². The van der Waals surface area contributed by atoms with Crippen LogP contribution in [0.15, 0.2) is 0 Å². The Kier molecular flexibility index (Phi) is 11.5. The molecule has 1 amide bonds. The van der Waals surface area contributed by atoms with Gasteiger partial charge in [-0.3, -0.25) is 4.79 Å². The fourth-order valence-corrected chi connectivity index (χ4v) is 2.92. The van der Waals surface area contributed by atoms with Gasteiger partial charge in [-0.1, -0.05) is 0 Å². The van der Waals surface area contributed by atoms with Crippen LogP contribution in [0.1, 0.15) is 25.7 Å². The average molecular weight is 342 g/mol. The minimum Gasteiger partial charge on any atom is -0.383 e. The highest BCUT2D eigenvalue weighted by atomic mass is 35.5. The lowest BCUT2D eigenvalue weighted by molar-refractivity contribution is -0.126. The van der Waals surface area contributed by atoms with E-state index in [1.165, 1.54) is 0 Å². The largest absolute Gasteiger partial charge is 0.383 e. The van der Waals surface area contributed by atoms with E-state index in [0.29, 0.717) is 6.04 Å². The lowest BCUT2D eigenvalue weighted by Gasteiger charge is -2.33. The third kappa shape index (κ3) is 7.15. The number of carbonyl (C=O) groups excluding carboxylic acids is 1. The second kappa shape index (κ2) is 11.5. The Morgan fingerprint density at radius 2 is 2.00 bits per heavy atom. The van der Waals surface area contributed by atoms with Crippen molar-refractivity contribution in [3.8, 4) is 0 Å². The summed E-state index contributed by atoms with van der Waals surface area (Å²) >= 11 is 0.